The molecule has 0 unspecified atom stereocenters. The first-order valence-electron chi connectivity index (χ1n) is 8.11. The lowest BCUT2D eigenvalue weighted by Gasteiger charge is -2.09. The second-order valence-corrected chi connectivity index (χ2v) is 5.69. The monoisotopic (exact) mass is 355 g/mol. The van der Waals surface area contributed by atoms with Crippen molar-refractivity contribution in [1.29, 1.82) is 0 Å². The third kappa shape index (κ3) is 3.78. The van der Waals surface area contributed by atoms with E-state index in [4.69, 9.17) is 4.74 Å². The fourth-order valence-corrected chi connectivity index (χ4v) is 2.66. The minimum absolute atomic E-state index is 0.0688. The van der Waals surface area contributed by atoms with Crippen molar-refractivity contribution in [2.45, 2.75) is 6.54 Å². The number of para-hydroxylation sites is 2. The highest BCUT2D eigenvalue weighted by Gasteiger charge is 2.21. The van der Waals surface area contributed by atoms with Gasteiger partial charge in [-0.2, -0.15) is 0 Å². The fourth-order valence-electron chi connectivity index (χ4n) is 2.66. The van der Waals surface area contributed by atoms with Crippen LogP contribution in [0.15, 0.2) is 48.5 Å². The van der Waals surface area contributed by atoms with Crippen molar-refractivity contribution >= 4 is 22.7 Å². The molecular formula is C19H18FN3O3. The number of hydrogen-bond acceptors (Lipinski definition) is 4. The van der Waals surface area contributed by atoms with Crippen LogP contribution < -0.4 is 5.32 Å². The van der Waals surface area contributed by atoms with Gasteiger partial charge in [-0.1, -0.05) is 24.3 Å². The summed E-state index contributed by atoms with van der Waals surface area (Å²) in [5.74, 6) is -1.11. The lowest BCUT2D eigenvalue weighted by molar-refractivity contribution is -0.121. The van der Waals surface area contributed by atoms with Crippen molar-refractivity contribution < 1.29 is 18.7 Å². The van der Waals surface area contributed by atoms with Crippen LogP contribution in [0.3, 0.4) is 0 Å². The summed E-state index contributed by atoms with van der Waals surface area (Å²) in [6.07, 6.45) is 0. The minimum Gasteiger partial charge on any atom is -0.383 e. The number of benzene rings is 2. The summed E-state index contributed by atoms with van der Waals surface area (Å²) in [6.45, 7) is 0.696. The average Bonchev–Trinajstić information content (AvgIpc) is 3.00. The van der Waals surface area contributed by atoms with Crippen LogP contribution in [0.2, 0.25) is 0 Å². The first-order chi connectivity index (χ1) is 12.6. The molecule has 6 nitrogen and oxygen atoms in total. The number of amides is 1. The van der Waals surface area contributed by atoms with E-state index in [2.05, 4.69) is 10.3 Å². The summed E-state index contributed by atoms with van der Waals surface area (Å²) >= 11 is 0. The number of ketones is 1. The fraction of sp³-hybridized carbons (Fsp3) is 0.211. The summed E-state index contributed by atoms with van der Waals surface area (Å²) in [4.78, 5) is 29.4. The van der Waals surface area contributed by atoms with E-state index in [1.165, 1.54) is 18.2 Å². The third-order valence-electron chi connectivity index (χ3n) is 3.87. The molecule has 1 N–H and O–H groups in total. The van der Waals surface area contributed by atoms with Gasteiger partial charge in [0, 0.05) is 19.2 Å². The summed E-state index contributed by atoms with van der Waals surface area (Å²) in [7, 11) is 1.55. The number of rotatable bonds is 7. The molecule has 134 valence electrons. The number of imidazole rings is 1. The number of carbonyl (C=O) groups excluding carboxylic acids is 2. The van der Waals surface area contributed by atoms with Crippen molar-refractivity contribution in [1.82, 2.24) is 14.9 Å². The van der Waals surface area contributed by atoms with Gasteiger partial charge < -0.3 is 14.6 Å². The lowest BCUT2D eigenvalue weighted by atomic mass is 10.1. The number of ether oxygens (including phenoxy) is 1. The number of hydrogen-bond donors (Lipinski definition) is 1. The van der Waals surface area contributed by atoms with Crippen LogP contribution in [-0.2, 0) is 16.1 Å². The smallest absolute Gasteiger partial charge is 0.240 e. The van der Waals surface area contributed by atoms with E-state index in [1.54, 1.807) is 35.9 Å². The summed E-state index contributed by atoms with van der Waals surface area (Å²) in [5.41, 5.74) is 1.44. The van der Waals surface area contributed by atoms with Gasteiger partial charge >= 0.3 is 0 Å². The van der Waals surface area contributed by atoms with Crippen molar-refractivity contribution in [3.63, 3.8) is 0 Å². The molecule has 0 radical (unpaired) electrons. The zero-order valence-electron chi connectivity index (χ0n) is 14.2. The van der Waals surface area contributed by atoms with Crippen molar-refractivity contribution in [2.75, 3.05) is 20.3 Å². The zero-order valence-corrected chi connectivity index (χ0v) is 14.2. The molecular weight excluding hydrogens is 337 g/mol. The predicted octanol–water partition coefficient (Wildman–Crippen LogP) is 2.17. The van der Waals surface area contributed by atoms with Crippen molar-refractivity contribution in [3.8, 4) is 0 Å². The van der Waals surface area contributed by atoms with E-state index in [9.17, 15) is 14.0 Å². The normalized spacial score (nSPS) is 10.8. The lowest BCUT2D eigenvalue weighted by Crippen LogP contribution is -2.31. The predicted molar refractivity (Wildman–Crippen MR) is 94.5 cm³/mol. The Kier molecular flexibility index (Phi) is 5.38. The number of methoxy groups -OCH3 is 1. The highest BCUT2D eigenvalue weighted by Crippen LogP contribution is 2.19. The maximum Gasteiger partial charge on any atom is 0.240 e. The second-order valence-electron chi connectivity index (χ2n) is 5.69. The first-order valence-corrected chi connectivity index (χ1v) is 8.11. The SMILES string of the molecule is COCCNC(=O)Cn1c(C(=O)c2cccc(F)c2)nc2ccccc21. The number of nitrogens with one attached hydrogen (secondary N) is 1. The van der Waals surface area contributed by atoms with Crippen LogP contribution in [0.25, 0.3) is 11.0 Å². The quantitative estimate of drug-likeness (QED) is 0.521. The molecule has 0 aliphatic rings. The molecule has 2 aromatic carbocycles. The third-order valence-corrected chi connectivity index (χ3v) is 3.87. The Hall–Kier alpha value is -3.06. The second kappa shape index (κ2) is 7.88. The molecule has 26 heavy (non-hydrogen) atoms. The number of halogens is 1. The molecule has 0 saturated carbocycles. The van der Waals surface area contributed by atoms with E-state index < -0.39 is 11.6 Å². The van der Waals surface area contributed by atoms with Gasteiger partial charge in [0.25, 0.3) is 0 Å². The highest BCUT2D eigenvalue weighted by molar-refractivity contribution is 6.08. The molecule has 3 rings (SSSR count). The van der Waals surface area contributed by atoms with Crippen LogP contribution in [0, 0.1) is 5.82 Å². The minimum atomic E-state index is -0.504. The molecule has 0 aliphatic heterocycles. The molecule has 0 spiro atoms. The topological polar surface area (TPSA) is 73.2 Å². The number of nitrogens with zero attached hydrogens (tertiary/aromatic N) is 2. The van der Waals surface area contributed by atoms with Crippen LogP contribution in [0.1, 0.15) is 16.2 Å². The zero-order chi connectivity index (χ0) is 18.5. The molecule has 1 amide bonds. The van der Waals surface area contributed by atoms with Crippen LogP contribution in [0.5, 0.6) is 0 Å². The van der Waals surface area contributed by atoms with Gasteiger partial charge in [0.05, 0.1) is 17.6 Å². The number of aromatic nitrogens is 2. The molecule has 1 heterocycles. The Morgan fingerprint density at radius 2 is 2.00 bits per heavy atom. The van der Waals surface area contributed by atoms with Crippen molar-refractivity contribution in [2.24, 2.45) is 0 Å². The van der Waals surface area contributed by atoms with Crippen LogP contribution in [-0.4, -0.2) is 41.5 Å². The van der Waals surface area contributed by atoms with Crippen LogP contribution in [0.4, 0.5) is 4.39 Å². The average molecular weight is 355 g/mol. The van der Waals surface area contributed by atoms with Crippen LogP contribution >= 0.6 is 0 Å². The van der Waals surface area contributed by atoms with Crippen molar-refractivity contribution in [3.05, 3.63) is 65.7 Å². The maximum absolute atomic E-state index is 13.5. The first kappa shape index (κ1) is 17.8. The molecule has 0 fully saturated rings. The standard InChI is InChI=1S/C19H18FN3O3/c1-26-10-9-21-17(24)12-23-16-8-3-2-7-15(16)22-19(23)18(25)13-5-4-6-14(20)11-13/h2-8,11H,9-10,12H2,1H3,(H,21,24). The maximum atomic E-state index is 13.5. The van der Waals surface area contributed by atoms with Gasteiger partial charge in [-0.3, -0.25) is 9.59 Å². The van der Waals surface area contributed by atoms with E-state index >= 15 is 0 Å². The summed E-state index contributed by atoms with van der Waals surface area (Å²) in [5, 5.41) is 2.72. The van der Waals surface area contributed by atoms with E-state index in [0.717, 1.165) is 6.07 Å². The van der Waals surface area contributed by atoms with E-state index in [-0.39, 0.29) is 23.8 Å². The summed E-state index contributed by atoms with van der Waals surface area (Å²) in [6, 6.07) is 12.6. The Morgan fingerprint density at radius 3 is 2.77 bits per heavy atom. The molecule has 0 bridgehead atoms. The molecule has 0 saturated heterocycles. The van der Waals surface area contributed by atoms with E-state index in [1.807, 2.05) is 0 Å². The highest BCUT2D eigenvalue weighted by atomic mass is 19.1. The van der Waals surface area contributed by atoms with Gasteiger partial charge in [-0.05, 0) is 24.3 Å². The Balaban J connectivity index is 1.97. The van der Waals surface area contributed by atoms with Gasteiger partial charge in [0.2, 0.25) is 11.7 Å². The number of carbonyl (C=O) groups is 2. The number of fused-ring (bicyclic) bond motifs is 1. The Labute approximate surface area is 149 Å². The van der Waals surface area contributed by atoms with Gasteiger partial charge in [-0.15, -0.1) is 0 Å². The summed E-state index contributed by atoms with van der Waals surface area (Å²) < 4.78 is 19.9. The van der Waals surface area contributed by atoms with Gasteiger partial charge in [0.15, 0.2) is 5.82 Å². The van der Waals surface area contributed by atoms with Gasteiger partial charge in [-0.25, -0.2) is 9.37 Å². The van der Waals surface area contributed by atoms with E-state index in [0.29, 0.717) is 24.2 Å². The molecule has 7 heteroatoms. The molecule has 0 aliphatic carbocycles. The Bertz CT molecular complexity index is 952. The molecule has 1 aromatic heterocycles. The molecule has 3 aromatic rings. The Morgan fingerprint density at radius 1 is 1.19 bits per heavy atom. The van der Waals surface area contributed by atoms with Gasteiger partial charge in [0.1, 0.15) is 12.4 Å². The molecule has 0 atom stereocenters. The largest absolute Gasteiger partial charge is 0.383 e.